The zero-order valence-corrected chi connectivity index (χ0v) is 13.7. The summed E-state index contributed by atoms with van der Waals surface area (Å²) in [5.74, 6) is -0.598. The van der Waals surface area contributed by atoms with Crippen LogP contribution in [0.3, 0.4) is 0 Å². The Hall–Kier alpha value is -2.34. The van der Waals surface area contributed by atoms with Crippen LogP contribution in [0, 0.1) is 6.92 Å². The molecule has 0 radical (unpaired) electrons. The van der Waals surface area contributed by atoms with Crippen LogP contribution in [-0.4, -0.2) is 23.6 Å². The van der Waals surface area contributed by atoms with E-state index in [-0.39, 0.29) is 12.5 Å². The van der Waals surface area contributed by atoms with Crippen molar-refractivity contribution in [3.63, 3.8) is 0 Å². The number of thiophene rings is 1. The number of rotatable bonds is 8. The van der Waals surface area contributed by atoms with Crippen molar-refractivity contribution in [3.05, 3.63) is 46.2 Å². The van der Waals surface area contributed by atoms with Gasteiger partial charge in [-0.05, 0) is 56.2 Å². The first-order chi connectivity index (χ1) is 11.0. The number of carboxylic acid groups (broad SMARTS) is 1. The fourth-order valence-corrected chi connectivity index (χ4v) is 2.98. The van der Waals surface area contributed by atoms with Gasteiger partial charge in [0.25, 0.3) is 0 Å². The van der Waals surface area contributed by atoms with E-state index in [4.69, 9.17) is 9.84 Å². The number of hydrogen-bond acceptors (Lipinski definition) is 4. The molecule has 2 aromatic rings. The van der Waals surface area contributed by atoms with Gasteiger partial charge in [0, 0.05) is 21.9 Å². The molecule has 0 unspecified atom stereocenters. The molecule has 1 amide bonds. The summed E-state index contributed by atoms with van der Waals surface area (Å²) < 4.78 is 5.03. The molecule has 6 heteroatoms. The summed E-state index contributed by atoms with van der Waals surface area (Å²) in [7, 11) is 0. The van der Waals surface area contributed by atoms with Gasteiger partial charge in [-0.15, -0.1) is 11.3 Å². The van der Waals surface area contributed by atoms with Gasteiger partial charge in [-0.3, -0.25) is 4.79 Å². The van der Waals surface area contributed by atoms with Gasteiger partial charge in [0.2, 0.25) is 5.91 Å². The van der Waals surface area contributed by atoms with Crippen molar-refractivity contribution in [3.8, 4) is 5.75 Å². The van der Waals surface area contributed by atoms with Gasteiger partial charge in [-0.25, -0.2) is 4.79 Å². The van der Waals surface area contributed by atoms with Gasteiger partial charge in [0.1, 0.15) is 5.75 Å². The third kappa shape index (κ3) is 6.12. The largest absolute Gasteiger partial charge is 0.482 e. The molecule has 0 saturated carbocycles. The molecule has 0 bridgehead atoms. The van der Waals surface area contributed by atoms with Crippen molar-refractivity contribution in [1.29, 1.82) is 0 Å². The average Bonchev–Trinajstić information content (AvgIpc) is 2.92. The first-order valence-electron chi connectivity index (χ1n) is 7.33. The summed E-state index contributed by atoms with van der Waals surface area (Å²) in [6.45, 7) is 1.69. The first-order valence-corrected chi connectivity index (χ1v) is 8.14. The number of amides is 1. The lowest BCUT2D eigenvalue weighted by atomic mass is 10.2. The molecule has 2 N–H and O–H groups in total. The van der Waals surface area contributed by atoms with Crippen LogP contribution in [0.25, 0.3) is 0 Å². The number of aliphatic carboxylic acids is 1. The van der Waals surface area contributed by atoms with E-state index in [1.807, 2.05) is 0 Å². The van der Waals surface area contributed by atoms with E-state index in [0.717, 1.165) is 12.8 Å². The molecule has 0 aliphatic heterocycles. The maximum Gasteiger partial charge on any atom is 0.341 e. The van der Waals surface area contributed by atoms with Gasteiger partial charge in [0.15, 0.2) is 6.61 Å². The van der Waals surface area contributed by atoms with Gasteiger partial charge < -0.3 is 15.2 Å². The van der Waals surface area contributed by atoms with Crippen molar-refractivity contribution in [1.82, 2.24) is 0 Å². The standard InChI is InChI=1S/C17H19NO4S/c1-12-5-10-15(23-12)3-2-4-16(19)18-13-6-8-14(9-7-13)22-11-17(20)21/h5-10H,2-4,11H2,1H3,(H,18,19)(H,20,21). The number of carboxylic acids is 1. The summed E-state index contributed by atoms with van der Waals surface area (Å²) in [4.78, 5) is 24.9. The van der Waals surface area contributed by atoms with Gasteiger partial charge in [0.05, 0.1) is 0 Å². The van der Waals surface area contributed by atoms with E-state index in [0.29, 0.717) is 17.9 Å². The van der Waals surface area contributed by atoms with Crippen molar-refractivity contribution < 1.29 is 19.4 Å². The van der Waals surface area contributed by atoms with E-state index in [1.54, 1.807) is 35.6 Å². The highest BCUT2D eigenvalue weighted by molar-refractivity contribution is 7.11. The maximum atomic E-state index is 11.9. The quantitative estimate of drug-likeness (QED) is 0.775. The number of carbonyl (C=O) groups is 2. The van der Waals surface area contributed by atoms with E-state index < -0.39 is 5.97 Å². The highest BCUT2D eigenvalue weighted by Gasteiger charge is 2.05. The Morgan fingerprint density at radius 3 is 2.52 bits per heavy atom. The molecule has 0 atom stereocenters. The SMILES string of the molecule is Cc1ccc(CCCC(=O)Nc2ccc(OCC(=O)O)cc2)s1. The van der Waals surface area contributed by atoms with Crippen molar-refractivity contribution in [2.24, 2.45) is 0 Å². The second-order valence-electron chi connectivity index (χ2n) is 5.12. The first kappa shape index (κ1) is 17.0. The highest BCUT2D eigenvalue weighted by Crippen LogP contribution is 2.18. The monoisotopic (exact) mass is 333 g/mol. The molecule has 0 spiro atoms. The third-order valence-corrected chi connectivity index (χ3v) is 4.18. The lowest BCUT2D eigenvalue weighted by Gasteiger charge is -2.07. The van der Waals surface area contributed by atoms with Crippen molar-refractivity contribution >= 4 is 28.9 Å². The number of aryl methyl sites for hydroxylation is 2. The fraction of sp³-hybridized carbons (Fsp3) is 0.294. The zero-order valence-electron chi connectivity index (χ0n) is 12.9. The Kier molecular flexibility index (Phi) is 6.17. The molecule has 1 heterocycles. The maximum absolute atomic E-state index is 11.9. The second-order valence-corrected chi connectivity index (χ2v) is 6.49. The minimum atomic E-state index is -1.02. The predicted octanol–water partition coefficient (Wildman–Crippen LogP) is 3.48. The molecule has 0 fully saturated rings. The number of hydrogen-bond donors (Lipinski definition) is 2. The van der Waals surface area contributed by atoms with E-state index >= 15 is 0 Å². The Labute approximate surface area is 138 Å². The second kappa shape index (κ2) is 8.33. The fourth-order valence-electron chi connectivity index (χ4n) is 2.05. The van der Waals surface area contributed by atoms with Crippen LogP contribution in [0.15, 0.2) is 36.4 Å². The lowest BCUT2D eigenvalue weighted by molar-refractivity contribution is -0.139. The molecule has 0 saturated heterocycles. The summed E-state index contributed by atoms with van der Waals surface area (Å²) in [6.07, 6.45) is 2.19. The molecule has 5 nitrogen and oxygen atoms in total. The average molecular weight is 333 g/mol. The zero-order chi connectivity index (χ0) is 16.7. The van der Waals surface area contributed by atoms with Crippen molar-refractivity contribution in [2.45, 2.75) is 26.2 Å². The summed E-state index contributed by atoms with van der Waals surface area (Å²) in [6, 6.07) is 10.8. The van der Waals surface area contributed by atoms with Crippen LogP contribution < -0.4 is 10.1 Å². The number of anilines is 1. The Morgan fingerprint density at radius 1 is 1.17 bits per heavy atom. The van der Waals surface area contributed by atoms with E-state index in [2.05, 4.69) is 24.4 Å². The van der Waals surface area contributed by atoms with Crippen LogP contribution in [-0.2, 0) is 16.0 Å². The minimum Gasteiger partial charge on any atom is -0.482 e. The Balaban J connectivity index is 1.73. The molecule has 1 aromatic carbocycles. The number of carbonyl (C=O) groups excluding carboxylic acids is 1. The van der Waals surface area contributed by atoms with Crippen LogP contribution in [0.4, 0.5) is 5.69 Å². The Morgan fingerprint density at radius 2 is 1.91 bits per heavy atom. The molecule has 0 aliphatic rings. The summed E-state index contributed by atoms with van der Waals surface area (Å²) >= 11 is 1.76. The minimum absolute atomic E-state index is 0.0301. The van der Waals surface area contributed by atoms with Crippen LogP contribution in [0.5, 0.6) is 5.75 Å². The molecule has 1 aromatic heterocycles. The lowest BCUT2D eigenvalue weighted by Crippen LogP contribution is -2.12. The number of nitrogens with one attached hydrogen (secondary N) is 1. The highest BCUT2D eigenvalue weighted by atomic mass is 32.1. The van der Waals surface area contributed by atoms with Crippen LogP contribution in [0.2, 0.25) is 0 Å². The third-order valence-electron chi connectivity index (χ3n) is 3.12. The number of ether oxygens (including phenoxy) is 1. The molecular formula is C17H19NO4S. The van der Waals surface area contributed by atoms with Gasteiger partial charge in [-0.1, -0.05) is 0 Å². The summed E-state index contributed by atoms with van der Waals surface area (Å²) in [5.41, 5.74) is 0.671. The molecule has 122 valence electrons. The molecular weight excluding hydrogens is 314 g/mol. The number of benzene rings is 1. The van der Waals surface area contributed by atoms with Crippen LogP contribution >= 0.6 is 11.3 Å². The molecule has 23 heavy (non-hydrogen) atoms. The van der Waals surface area contributed by atoms with Crippen molar-refractivity contribution in [2.75, 3.05) is 11.9 Å². The predicted molar refractivity (Wildman–Crippen MR) is 90.2 cm³/mol. The molecule has 0 aliphatic carbocycles. The van der Waals surface area contributed by atoms with Crippen LogP contribution in [0.1, 0.15) is 22.6 Å². The Bertz CT molecular complexity index is 663. The van der Waals surface area contributed by atoms with Gasteiger partial charge >= 0.3 is 5.97 Å². The summed E-state index contributed by atoms with van der Waals surface area (Å²) in [5, 5.41) is 11.4. The normalized spacial score (nSPS) is 10.3. The smallest absolute Gasteiger partial charge is 0.341 e. The van der Waals surface area contributed by atoms with E-state index in [9.17, 15) is 9.59 Å². The van der Waals surface area contributed by atoms with E-state index in [1.165, 1.54) is 9.75 Å². The molecule has 2 rings (SSSR count). The topological polar surface area (TPSA) is 75.6 Å². The van der Waals surface area contributed by atoms with Gasteiger partial charge in [-0.2, -0.15) is 0 Å².